The zero-order valence-corrected chi connectivity index (χ0v) is 4.64. The molecule has 2 heteroatoms. The van der Waals surface area contributed by atoms with Crippen molar-refractivity contribution in [2.45, 2.75) is 13.0 Å². The van der Waals surface area contributed by atoms with E-state index in [1.807, 2.05) is 11.9 Å². The third-order valence-electron chi connectivity index (χ3n) is 1.33. The second kappa shape index (κ2) is 1.30. The molecule has 2 nitrogen and oxygen atoms in total. The molecule has 40 valence electrons. The topological polar surface area (TPSA) is 20.1 Å². The molecule has 2 atom stereocenters. The van der Waals surface area contributed by atoms with Gasteiger partial charge in [-0.05, 0) is 14.0 Å². The van der Waals surface area contributed by atoms with Gasteiger partial charge in [0, 0.05) is 6.54 Å². The number of hydrogen-bond acceptors (Lipinski definition) is 2. The minimum Gasteiger partial charge on any atom is -0.298 e. The normalized spacial score (nSPS) is 38.0. The van der Waals surface area contributed by atoms with Gasteiger partial charge in [-0.2, -0.15) is 0 Å². The molecule has 0 aromatic carbocycles. The Morgan fingerprint density at radius 2 is 2.29 bits per heavy atom. The van der Waals surface area contributed by atoms with E-state index in [2.05, 4.69) is 0 Å². The molecular weight excluding hydrogens is 90.1 g/mol. The number of rotatable bonds is 1. The molecular formula is C5H9NO. The van der Waals surface area contributed by atoms with Crippen LogP contribution in [0.1, 0.15) is 6.92 Å². The third-order valence-corrected chi connectivity index (χ3v) is 1.33. The lowest BCUT2D eigenvalue weighted by Gasteiger charge is -1.83. The zero-order valence-electron chi connectivity index (χ0n) is 4.64. The van der Waals surface area contributed by atoms with E-state index >= 15 is 0 Å². The number of likely N-dealkylation sites (N-methyl/N-ethyl adjacent to an activating group) is 1. The standard InChI is InChI=1S/C5H9NO/c1-4(7)5-3-6(5)2/h5H,3H2,1-2H3. The van der Waals surface area contributed by atoms with E-state index in [0.717, 1.165) is 6.54 Å². The average molecular weight is 99.1 g/mol. The summed E-state index contributed by atoms with van der Waals surface area (Å²) in [6, 6.07) is 0.264. The van der Waals surface area contributed by atoms with Crippen molar-refractivity contribution in [3.63, 3.8) is 0 Å². The van der Waals surface area contributed by atoms with Crippen LogP contribution in [0.3, 0.4) is 0 Å². The quantitative estimate of drug-likeness (QED) is 0.427. The van der Waals surface area contributed by atoms with Crippen LogP contribution >= 0.6 is 0 Å². The van der Waals surface area contributed by atoms with Crippen LogP contribution in [0.4, 0.5) is 0 Å². The fourth-order valence-electron chi connectivity index (χ4n) is 0.665. The number of hydrogen-bond donors (Lipinski definition) is 0. The van der Waals surface area contributed by atoms with Crippen molar-refractivity contribution in [2.24, 2.45) is 0 Å². The van der Waals surface area contributed by atoms with E-state index in [1.54, 1.807) is 6.92 Å². The number of nitrogens with zero attached hydrogens (tertiary/aromatic N) is 1. The van der Waals surface area contributed by atoms with Crippen molar-refractivity contribution < 1.29 is 4.79 Å². The lowest BCUT2D eigenvalue weighted by atomic mass is 10.3. The second-order valence-corrected chi connectivity index (χ2v) is 2.07. The van der Waals surface area contributed by atoms with Crippen LogP contribution in [-0.4, -0.2) is 30.3 Å². The molecule has 0 bridgehead atoms. The molecule has 1 aliphatic rings. The molecule has 0 aliphatic carbocycles. The van der Waals surface area contributed by atoms with Crippen LogP contribution in [-0.2, 0) is 4.79 Å². The molecule has 0 saturated carbocycles. The third kappa shape index (κ3) is 0.800. The van der Waals surface area contributed by atoms with Crippen molar-refractivity contribution in [2.75, 3.05) is 13.6 Å². The second-order valence-electron chi connectivity index (χ2n) is 2.07. The number of ketones is 1. The summed E-state index contributed by atoms with van der Waals surface area (Å²) in [6.45, 7) is 2.60. The summed E-state index contributed by atoms with van der Waals surface area (Å²) in [7, 11) is 1.95. The van der Waals surface area contributed by atoms with Crippen LogP contribution in [0.2, 0.25) is 0 Å². The van der Waals surface area contributed by atoms with Crippen molar-refractivity contribution in [3.8, 4) is 0 Å². The first-order chi connectivity index (χ1) is 3.22. The van der Waals surface area contributed by atoms with E-state index < -0.39 is 0 Å². The highest BCUT2D eigenvalue weighted by molar-refractivity contribution is 5.84. The Morgan fingerprint density at radius 3 is 2.29 bits per heavy atom. The van der Waals surface area contributed by atoms with Crippen LogP contribution < -0.4 is 0 Å². The Labute approximate surface area is 43.1 Å². The molecule has 0 amide bonds. The van der Waals surface area contributed by atoms with Gasteiger partial charge >= 0.3 is 0 Å². The average Bonchev–Trinajstić information content (AvgIpc) is 2.17. The molecule has 1 rings (SSSR count). The molecule has 0 radical (unpaired) electrons. The first kappa shape index (κ1) is 4.78. The molecule has 1 heterocycles. The van der Waals surface area contributed by atoms with Gasteiger partial charge in [-0.25, -0.2) is 0 Å². The van der Waals surface area contributed by atoms with Crippen molar-refractivity contribution in [3.05, 3.63) is 0 Å². The van der Waals surface area contributed by atoms with Crippen LogP contribution in [0.25, 0.3) is 0 Å². The highest BCUT2D eigenvalue weighted by atomic mass is 16.1. The molecule has 0 aromatic rings. The molecule has 0 N–H and O–H groups in total. The van der Waals surface area contributed by atoms with E-state index in [1.165, 1.54) is 0 Å². The summed E-state index contributed by atoms with van der Waals surface area (Å²) < 4.78 is 0. The molecule has 0 spiro atoms. The molecule has 1 aliphatic heterocycles. The van der Waals surface area contributed by atoms with E-state index in [4.69, 9.17) is 0 Å². The van der Waals surface area contributed by atoms with Crippen molar-refractivity contribution in [1.82, 2.24) is 4.90 Å². The fraction of sp³-hybridized carbons (Fsp3) is 0.800. The molecule has 1 fully saturated rings. The lowest BCUT2D eigenvalue weighted by Crippen LogP contribution is -2.04. The predicted octanol–water partition coefficient (Wildman–Crippen LogP) is -0.111. The minimum absolute atomic E-state index is 0.264. The fourth-order valence-corrected chi connectivity index (χ4v) is 0.665. The van der Waals surface area contributed by atoms with Crippen LogP contribution in [0, 0.1) is 0 Å². The Morgan fingerprint density at radius 1 is 1.86 bits per heavy atom. The van der Waals surface area contributed by atoms with Gasteiger partial charge in [-0.3, -0.25) is 9.69 Å². The maximum Gasteiger partial charge on any atom is 0.148 e. The SMILES string of the molecule is CC(=O)C1CN1C. The molecule has 7 heavy (non-hydrogen) atoms. The molecule has 2 unspecified atom stereocenters. The monoisotopic (exact) mass is 99.1 g/mol. The number of Topliss-reactive ketones (excluding diaryl/α,β-unsaturated/α-hetero) is 1. The van der Waals surface area contributed by atoms with Crippen molar-refractivity contribution in [1.29, 1.82) is 0 Å². The van der Waals surface area contributed by atoms with Crippen LogP contribution in [0.5, 0.6) is 0 Å². The van der Waals surface area contributed by atoms with Crippen molar-refractivity contribution >= 4 is 5.78 Å². The van der Waals surface area contributed by atoms with E-state index in [0.29, 0.717) is 5.78 Å². The highest BCUT2D eigenvalue weighted by Gasteiger charge is 2.33. The predicted molar refractivity (Wildman–Crippen MR) is 27.1 cm³/mol. The molecule has 1 saturated heterocycles. The Kier molecular flexibility index (Phi) is 0.889. The Bertz CT molecular complexity index is 100. The summed E-state index contributed by atoms with van der Waals surface area (Å²) in [4.78, 5) is 12.4. The highest BCUT2D eigenvalue weighted by Crippen LogP contribution is 2.12. The first-order valence-electron chi connectivity index (χ1n) is 2.42. The van der Waals surface area contributed by atoms with Gasteiger partial charge in [-0.15, -0.1) is 0 Å². The van der Waals surface area contributed by atoms with Gasteiger partial charge in [0.15, 0.2) is 0 Å². The summed E-state index contributed by atoms with van der Waals surface area (Å²) in [5, 5.41) is 0. The lowest BCUT2D eigenvalue weighted by molar-refractivity contribution is -0.117. The Hall–Kier alpha value is -0.370. The van der Waals surface area contributed by atoms with Gasteiger partial charge in [0.05, 0.1) is 6.04 Å². The molecule has 0 aromatic heterocycles. The van der Waals surface area contributed by atoms with Gasteiger partial charge < -0.3 is 0 Å². The summed E-state index contributed by atoms with van der Waals surface area (Å²) in [5.41, 5.74) is 0. The number of carbonyl (C=O) groups is 1. The first-order valence-corrected chi connectivity index (χ1v) is 2.42. The zero-order chi connectivity index (χ0) is 5.44. The minimum atomic E-state index is 0.264. The smallest absolute Gasteiger partial charge is 0.148 e. The van der Waals surface area contributed by atoms with E-state index in [-0.39, 0.29) is 6.04 Å². The van der Waals surface area contributed by atoms with Gasteiger partial charge in [0.1, 0.15) is 5.78 Å². The maximum absolute atomic E-state index is 10.4. The number of carbonyl (C=O) groups excluding carboxylic acids is 1. The maximum atomic E-state index is 10.4. The Balaban J connectivity index is 2.33. The van der Waals surface area contributed by atoms with Gasteiger partial charge in [0.2, 0.25) is 0 Å². The summed E-state index contributed by atoms with van der Waals surface area (Å²) in [6.07, 6.45) is 0. The largest absolute Gasteiger partial charge is 0.298 e. The summed E-state index contributed by atoms with van der Waals surface area (Å²) >= 11 is 0. The van der Waals surface area contributed by atoms with E-state index in [9.17, 15) is 4.79 Å². The van der Waals surface area contributed by atoms with Gasteiger partial charge in [0.25, 0.3) is 0 Å². The van der Waals surface area contributed by atoms with Crippen LogP contribution in [0.15, 0.2) is 0 Å². The van der Waals surface area contributed by atoms with Gasteiger partial charge in [-0.1, -0.05) is 0 Å². The summed E-state index contributed by atoms with van der Waals surface area (Å²) in [5.74, 6) is 0.294.